The molecule has 7 heteroatoms. The number of benzene rings is 3. The van der Waals surface area contributed by atoms with Crippen molar-refractivity contribution in [3.63, 3.8) is 0 Å². The minimum Gasteiger partial charge on any atom is -0.497 e. The first kappa shape index (κ1) is 26.7. The van der Waals surface area contributed by atoms with Gasteiger partial charge in [0.05, 0.1) is 24.2 Å². The molecule has 1 unspecified atom stereocenters. The molecule has 1 heterocycles. The topological polar surface area (TPSA) is 103 Å². The van der Waals surface area contributed by atoms with Crippen LogP contribution in [-0.2, 0) is 12.8 Å². The van der Waals surface area contributed by atoms with Crippen LogP contribution in [0.3, 0.4) is 0 Å². The quantitative estimate of drug-likeness (QED) is 0.193. The largest absolute Gasteiger partial charge is 0.497 e. The summed E-state index contributed by atoms with van der Waals surface area (Å²) in [7, 11) is 3.33. The number of hydrazine groups is 1. The molecule has 0 radical (unpaired) electrons. The molecule has 0 bridgehead atoms. The van der Waals surface area contributed by atoms with Crippen LogP contribution in [-0.4, -0.2) is 30.2 Å². The number of nitrogens with two attached hydrogens (primary N) is 2. The van der Waals surface area contributed by atoms with Gasteiger partial charge in [0.2, 0.25) is 0 Å². The standard InChI is InChI=1S/C28H30N4O.CH6N2/c1-20-7-9-24(10-8-20)28-18-25(31-32(28)26-11-13-27(33-3)14-12-26)17-23(19-30-29)16-22-6-4-5-21(2)15-22;1-3-2/h4-15,18-19,23H,16-17,29H2,1-3H3;3H,2H2,1H3/b30-19+;. The highest BCUT2D eigenvalue weighted by atomic mass is 16.5. The third-order valence-corrected chi connectivity index (χ3v) is 5.77. The number of hydrogen-bond acceptors (Lipinski definition) is 6. The summed E-state index contributed by atoms with van der Waals surface area (Å²) >= 11 is 0. The summed E-state index contributed by atoms with van der Waals surface area (Å²) in [5.74, 6) is 11.1. The van der Waals surface area contributed by atoms with E-state index in [9.17, 15) is 0 Å². The van der Waals surface area contributed by atoms with Gasteiger partial charge in [-0.2, -0.15) is 10.2 Å². The second-order valence-electron chi connectivity index (χ2n) is 8.74. The average molecular weight is 485 g/mol. The van der Waals surface area contributed by atoms with E-state index in [4.69, 9.17) is 15.7 Å². The molecule has 5 N–H and O–H groups in total. The Bertz CT molecular complexity index is 1250. The van der Waals surface area contributed by atoms with E-state index in [0.29, 0.717) is 0 Å². The maximum atomic E-state index is 5.56. The molecule has 0 aliphatic rings. The number of nitrogens with zero attached hydrogens (tertiary/aromatic N) is 3. The van der Waals surface area contributed by atoms with E-state index < -0.39 is 0 Å². The molecule has 188 valence electrons. The third kappa shape index (κ3) is 7.28. The van der Waals surface area contributed by atoms with E-state index in [2.05, 4.69) is 84.8 Å². The minimum absolute atomic E-state index is 0.155. The van der Waals surface area contributed by atoms with Gasteiger partial charge in [-0.25, -0.2) is 4.68 Å². The predicted molar refractivity (Wildman–Crippen MR) is 148 cm³/mol. The van der Waals surface area contributed by atoms with Crippen molar-refractivity contribution in [2.75, 3.05) is 14.2 Å². The first-order chi connectivity index (χ1) is 17.5. The van der Waals surface area contributed by atoms with Crippen LogP contribution < -0.4 is 21.8 Å². The molecule has 1 atom stereocenters. The van der Waals surface area contributed by atoms with Crippen molar-refractivity contribution in [2.24, 2.45) is 22.7 Å². The van der Waals surface area contributed by atoms with Crippen LogP contribution in [0.5, 0.6) is 5.75 Å². The number of aryl methyl sites for hydroxylation is 2. The normalized spacial score (nSPS) is 11.7. The molecule has 7 nitrogen and oxygen atoms in total. The van der Waals surface area contributed by atoms with Crippen LogP contribution in [0.15, 0.2) is 84.0 Å². The number of nitrogens with one attached hydrogen (secondary N) is 1. The molecule has 0 saturated carbocycles. The van der Waals surface area contributed by atoms with Gasteiger partial charge in [0.15, 0.2) is 0 Å². The maximum Gasteiger partial charge on any atom is 0.119 e. The summed E-state index contributed by atoms with van der Waals surface area (Å²) < 4.78 is 7.33. The van der Waals surface area contributed by atoms with Crippen molar-refractivity contribution in [1.29, 1.82) is 0 Å². The summed E-state index contributed by atoms with van der Waals surface area (Å²) in [6, 6.07) is 27.2. The van der Waals surface area contributed by atoms with Crippen LogP contribution in [0.2, 0.25) is 0 Å². The summed E-state index contributed by atoms with van der Waals surface area (Å²) in [5, 5.41) is 8.84. The number of hydrazone groups is 1. The lowest BCUT2D eigenvalue weighted by Gasteiger charge is -2.11. The number of rotatable bonds is 8. The Balaban J connectivity index is 0.00000115. The zero-order valence-electron chi connectivity index (χ0n) is 21.5. The Morgan fingerprint density at radius 3 is 2.28 bits per heavy atom. The highest BCUT2D eigenvalue weighted by Gasteiger charge is 2.16. The van der Waals surface area contributed by atoms with E-state index in [1.165, 1.54) is 16.7 Å². The lowest BCUT2D eigenvalue weighted by atomic mass is 9.95. The van der Waals surface area contributed by atoms with Crippen molar-refractivity contribution in [3.05, 3.63) is 101 Å². The molecule has 0 saturated heterocycles. The van der Waals surface area contributed by atoms with E-state index in [-0.39, 0.29) is 5.92 Å². The summed E-state index contributed by atoms with van der Waals surface area (Å²) in [6.07, 6.45) is 3.44. The Hall–Kier alpha value is -3.94. The van der Waals surface area contributed by atoms with Gasteiger partial charge in [0, 0.05) is 17.7 Å². The highest BCUT2D eigenvalue weighted by Crippen LogP contribution is 2.27. The van der Waals surface area contributed by atoms with E-state index in [0.717, 1.165) is 41.2 Å². The molecule has 0 aliphatic heterocycles. The van der Waals surface area contributed by atoms with Crippen LogP contribution in [0.4, 0.5) is 0 Å². The first-order valence-corrected chi connectivity index (χ1v) is 11.9. The number of ether oxygens (including phenoxy) is 1. The van der Waals surface area contributed by atoms with Gasteiger partial charge in [-0.1, -0.05) is 59.7 Å². The molecule has 4 rings (SSSR count). The van der Waals surface area contributed by atoms with Gasteiger partial charge in [-0.15, -0.1) is 0 Å². The summed E-state index contributed by atoms with van der Waals surface area (Å²) in [4.78, 5) is 0. The Kier molecular flexibility index (Phi) is 9.80. The molecule has 36 heavy (non-hydrogen) atoms. The summed E-state index contributed by atoms with van der Waals surface area (Å²) in [6.45, 7) is 4.21. The molecule has 0 spiro atoms. The van der Waals surface area contributed by atoms with Crippen LogP contribution >= 0.6 is 0 Å². The molecule has 0 amide bonds. The first-order valence-electron chi connectivity index (χ1n) is 11.9. The molecular formula is C29H36N6O. The fraction of sp³-hybridized carbons (Fsp3) is 0.241. The molecule has 3 aromatic carbocycles. The van der Waals surface area contributed by atoms with Gasteiger partial charge < -0.3 is 10.6 Å². The van der Waals surface area contributed by atoms with E-state index in [1.807, 2.05) is 35.2 Å². The molecular weight excluding hydrogens is 448 g/mol. The molecule has 0 fully saturated rings. The average Bonchev–Trinajstić information content (AvgIpc) is 3.29. The van der Waals surface area contributed by atoms with Gasteiger partial charge in [0.25, 0.3) is 0 Å². The third-order valence-electron chi connectivity index (χ3n) is 5.77. The smallest absolute Gasteiger partial charge is 0.119 e. The van der Waals surface area contributed by atoms with Crippen LogP contribution in [0.25, 0.3) is 16.9 Å². The van der Waals surface area contributed by atoms with E-state index >= 15 is 0 Å². The van der Waals surface area contributed by atoms with Crippen molar-refractivity contribution in [1.82, 2.24) is 15.2 Å². The monoisotopic (exact) mass is 484 g/mol. The van der Waals surface area contributed by atoms with Gasteiger partial charge in [-0.05, 0) is 69.6 Å². The second kappa shape index (κ2) is 13.2. The van der Waals surface area contributed by atoms with Gasteiger partial charge in [-0.3, -0.25) is 11.3 Å². The van der Waals surface area contributed by atoms with Crippen LogP contribution in [0.1, 0.15) is 22.4 Å². The zero-order valence-corrected chi connectivity index (χ0v) is 21.5. The van der Waals surface area contributed by atoms with Gasteiger partial charge >= 0.3 is 0 Å². The van der Waals surface area contributed by atoms with Gasteiger partial charge in [0.1, 0.15) is 5.75 Å². The molecule has 4 aromatic rings. The Morgan fingerprint density at radius 1 is 0.972 bits per heavy atom. The van der Waals surface area contributed by atoms with Crippen molar-refractivity contribution in [3.8, 4) is 22.7 Å². The molecule has 0 aliphatic carbocycles. The van der Waals surface area contributed by atoms with Crippen molar-refractivity contribution < 1.29 is 4.74 Å². The van der Waals surface area contributed by atoms with Crippen molar-refractivity contribution >= 4 is 6.21 Å². The molecule has 1 aromatic heterocycles. The Labute approximate surface area is 213 Å². The van der Waals surface area contributed by atoms with E-state index in [1.54, 1.807) is 14.2 Å². The predicted octanol–water partition coefficient (Wildman–Crippen LogP) is 4.59. The second-order valence-corrected chi connectivity index (χ2v) is 8.74. The SMILES string of the molecule is CNN.COc1ccc(-n2nc(CC(/C=N/N)Cc3cccc(C)c3)cc2-c2ccc(C)cc2)cc1. The lowest BCUT2D eigenvalue weighted by Crippen LogP contribution is -2.13. The maximum absolute atomic E-state index is 5.56. The van der Waals surface area contributed by atoms with Crippen LogP contribution in [0, 0.1) is 19.8 Å². The summed E-state index contributed by atoms with van der Waals surface area (Å²) in [5.41, 5.74) is 10.2. The number of hydrogen-bond donors (Lipinski definition) is 3. The lowest BCUT2D eigenvalue weighted by molar-refractivity contribution is 0.414. The fourth-order valence-electron chi connectivity index (χ4n) is 4.09. The number of aromatic nitrogens is 2. The fourth-order valence-corrected chi connectivity index (χ4v) is 4.09. The highest BCUT2D eigenvalue weighted by molar-refractivity contribution is 5.65. The van der Waals surface area contributed by atoms with Crippen molar-refractivity contribution in [2.45, 2.75) is 26.7 Å². The zero-order chi connectivity index (χ0) is 25.9. The minimum atomic E-state index is 0.155. The Morgan fingerprint density at radius 2 is 1.67 bits per heavy atom. The number of methoxy groups -OCH3 is 1.